The molecular weight excluding hydrogens is 590 g/mol. The Hall–Kier alpha value is -5.84. The fourth-order valence-corrected chi connectivity index (χ4v) is 6.18. The van der Waals surface area contributed by atoms with Gasteiger partial charge in [0.25, 0.3) is 5.91 Å². The standard InChI is InChI=1S/C35H29N3O8/c36-34(39)25-14-24(26-13-22-3-1-2-4-23(22)16-38(26)15-21-6-8-28-30(12-21)44-18-42-28)32-33(46-19-45-32)31(25)35(40)37-10-9-20-5-7-27-29(11-20)43-17-41-27/h1-8,11-14H,9-10,15-19H2,(H2,36,39)(H,37,40). The predicted molar refractivity (Wildman–Crippen MR) is 166 cm³/mol. The molecule has 0 bridgehead atoms. The van der Waals surface area contributed by atoms with Crippen LogP contribution in [0.3, 0.4) is 0 Å². The van der Waals surface area contributed by atoms with Crippen LogP contribution in [0.2, 0.25) is 0 Å². The van der Waals surface area contributed by atoms with E-state index in [0.717, 1.165) is 28.0 Å². The fraction of sp³-hybridized carbons (Fsp3) is 0.200. The topological polar surface area (TPSA) is 131 Å². The highest BCUT2D eigenvalue weighted by molar-refractivity contribution is 6.10. The van der Waals surface area contributed by atoms with Gasteiger partial charge in [-0.2, -0.15) is 0 Å². The van der Waals surface area contributed by atoms with Crippen LogP contribution in [0.4, 0.5) is 0 Å². The number of carbonyl (C=O) groups excluding carboxylic acids is 2. The van der Waals surface area contributed by atoms with E-state index in [1.54, 1.807) is 6.07 Å². The molecule has 8 rings (SSSR count). The van der Waals surface area contributed by atoms with Gasteiger partial charge in [0.05, 0.1) is 11.1 Å². The molecule has 0 fully saturated rings. The Labute approximate surface area is 264 Å². The first-order valence-electron chi connectivity index (χ1n) is 14.9. The molecule has 0 saturated carbocycles. The van der Waals surface area contributed by atoms with Crippen LogP contribution < -0.4 is 39.5 Å². The van der Waals surface area contributed by atoms with Crippen LogP contribution in [0.25, 0.3) is 11.8 Å². The van der Waals surface area contributed by atoms with Gasteiger partial charge in [-0.05, 0) is 65.1 Å². The summed E-state index contributed by atoms with van der Waals surface area (Å²) in [7, 11) is 0. The molecule has 0 aromatic heterocycles. The molecule has 0 spiro atoms. The van der Waals surface area contributed by atoms with E-state index >= 15 is 0 Å². The van der Waals surface area contributed by atoms with Crippen molar-refractivity contribution in [3.8, 4) is 34.5 Å². The van der Waals surface area contributed by atoms with Crippen molar-refractivity contribution in [3.63, 3.8) is 0 Å². The van der Waals surface area contributed by atoms with E-state index in [4.69, 9.17) is 34.2 Å². The number of hydrogen-bond acceptors (Lipinski definition) is 9. The molecule has 0 aliphatic carbocycles. The van der Waals surface area contributed by atoms with Crippen molar-refractivity contribution >= 4 is 23.6 Å². The van der Waals surface area contributed by atoms with Crippen molar-refractivity contribution in [2.75, 3.05) is 26.9 Å². The average molecular weight is 620 g/mol. The minimum absolute atomic E-state index is 0.0441. The molecule has 4 heterocycles. The first kappa shape index (κ1) is 27.7. The van der Waals surface area contributed by atoms with Gasteiger partial charge in [-0.25, -0.2) is 0 Å². The maximum atomic E-state index is 13.6. The number of carbonyl (C=O) groups is 2. The van der Waals surface area contributed by atoms with Gasteiger partial charge < -0.3 is 44.4 Å². The van der Waals surface area contributed by atoms with E-state index in [1.807, 2.05) is 54.6 Å². The normalized spacial score (nSPS) is 15.0. The highest BCUT2D eigenvalue weighted by Crippen LogP contribution is 2.47. The summed E-state index contributed by atoms with van der Waals surface area (Å²) in [5, 5.41) is 2.91. The van der Waals surface area contributed by atoms with Crippen molar-refractivity contribution in [2.45, 2.75) is 19.5 Å². The van der Waals surface area contributed by atoms with Gasteiger partial charge >= 0.3 is 0 Å². The summed E-state index contributed by atoms with van der Waals surface area (Å²) in [5.74, 6) is 2.11. The molecule has 0 atom stereocenters. The van der Waals surface area contributed by atoms with E-state index in [2.05, 4.69) is 22.4 Å². The number of benzene rings is 4. The molecule has 4 aromatic rings. The third kappa shape index (κ3) is 4.95. The van der Waals surface area contributed by atoms with Gasteiger partial charge in [0.15, 0.2) is 34.5 Å². The van der Waals surface area contributed by atoms with Crippen molar-refractivity contribution in [2.24, 2.45) is 5.73 Å². The SMILES string of the molecule is NC(=O)c1cc(C2=Cc3ccccc3CN2Cc2ccc3c(c2)OCO3)c2c(c1C(=O)NCCc1ccc3c(c1)OCO3)OCO2. The highest BCUT2D eigenvalue weighted by Gasteiger charge is 2.34. The summed E-state index contributed by atoms with van der Waals surface area (Å²) >= 11 is 0. The van der Waals surface area contributed by atoms with Crippen molar-refractivity contribution in [1.29, 1.82) is 0 Å². The molecule has 0 radical (unpaired) electrons. The van der Waals surface area contributed by atoms with Crippen molar-refractivity contribution in [3.05, 3.63) is 106 Å². The Bertz CT molecular complexity index is 1940. The van der Waals surface area contributed by atoms with Gasteiger partial charge in [0.2, 0.25) is 26.3 Å². The van der Waals surface area contributed by atoms with E-state index in [1.165, 1.54) is 0 Å². The molecule has 0 unspecified atom stereocenters. The molecule has 46 heavy (non-hydrogen) atoms. The first-order chi connectivity index (χ1) is 22.5. The van der Waals surface area contributed by atoms with Gasteiger partial charge in [-0.1, -0.05) is 36.4 Å². The molecule has 4 aliphatic rings. The van der Waals surface area contributed by atoms with E-state index in [-0.39, 0.29) is 37.3 Å². The number of hydrogen-bond donors (Lipinski definition) is 2. The number of nitrogens with two attached hydrogens (primary N) is 1. The van der Waals surface area contributed by atoms with Crippen LogP contribution in [0.15, 0.2) is 66.7 Å². The second-order valence-corrected chi connectivity index (χ2v) is 11.2. The number of primary amides is 1. The lowest BCUT2D eigenvalue weighted by atomic mass is 9.93. The largest absolute Gasteiger partial charge is 0.454 e. The van der Waals surface area contributed by atoms with Crippen molar-refractivity contribution < 1.29 is 38.0 Å². The predicted octanol–water partition coefficient (Wildman–Crippen LogP) is 4.46. The second-order valence-electron chi connectivity index (χ2n) is 11.2. The molecule has 3 N–H and O–H groups in total. The average Bonchev–Trinajstić information content (AvgIpc) is 3.84. The van der Waals surface area contributed by atoms with E-state index < -0.39 is 11.8 Å². The van der Waals surface area contributed by atoms with Crippen LogP contribution in [0.1, 0.15) is 48.5 Å². The highest BCUT2D eigenvalue weighted by atomic mass is 16.7. The quantitative estimate of drug-likeness (QED) is 0.294. The van der Waals surface area contributed by atoms with Crippen LogP contribution in [-0.4, -0.2) is 43.6 Å². The van der Waals surface area contributed by atoms with Crippen LogP contribution in [0.5, 0.6) is 34.5 Å². The molecule has 4 aliphatic heterocycles. The van der Waals surface area contributed by atoms with E-state index in [0.29, 0.717) is 60.4 Å². The lowest BCUT2D eigenvalue weighted by Gasteiger charge is -2.33. The summed E-state index contributed by atoms with van der Waals surface area (Å²) in [5.41, 5.74) is 11.6. The zero-order valence-electron chi connectivity index (χ0n) is 24.7. The molecule has 232 valence electrons. The van der Waals surface area contributed by atoms with Crippen LogP contribution in [0, 0.1) is 0 Å². The zero-order valence-corrected chi connectivity index (χ0v) is 24.7. The smallest absolute Gasteiger partial charge is 0.256 e. The van der Waals surface area contributed by atoms with Crippen LogP contribution in [-0.2, 0) is 19.5 Å². The second kappa shape index (κ2) is 11.3. The molecule has 2 amide bonds. The molecule has 11 heteroatoms. The number of nitrogens with zero attached hydrogens (tertiary/aromatic N) is 1. The lowest BCUT2D eigenvalue weighted by Crippen LogP contribution is -2.29. The maximum Gasteiger partial charge on any atom is 0.256 e. The van der Waals surface area contributed by atoms with E-state index in [9.17, 15) is 9.59 Å². The number of nitrogens with one attached hydrogen (secondary N) is 1. The third-order valence-corrected chi connectivity index (χ3v) is 8.41. The molecular formula is C35H29N3O8. The van der Waals surface area contributed by atoms with Gasteiger partial charge in [0.1, 0.15) is 0 Å². The summed E-state index contributed by atoms with van der Waals surface area (Å²) in [4.78, 5) is 28.7. The number of amides is 2. The molecule has 0 saturated heterocycles. The Morgan fingerprint density at radius 2 is 1.43 bits per heavy atom. The summed E-state index contributed by atoms with van der Waals surface area (Å²) in [6.07, 6.45) is 2.59. The monoisotopic (exact) mass is 619 g/mol. The zero-order chi connectivity index (χ0) is 31.2. The minimum atomic E-state index is -0.750. The summed E-state index contributed by atoms with van der Waals surface area (Å²) < 4.78 is 33.8. The summed E-state index contributed by atoms with van der Waals surface area (Å²) in [6, 6.07) is 21.3. The number of rotatable bonds is 8. The Morgan fingerprint density at radius 3 is 2.22 bits per heavy atom. The Kier molecular flexibility index (Phi) is 6.78. The van der Waals surface area contributed by atoms with Gasteiger partial charge in [0, 0.05) is 30.9 Å². The van der Waals surface area contributed by atoms with Crippen molar-refractivity contribution in [1.82, 2.24) is 10.2 Å². The minimum Gasteiger partial charge on any atom is -0.454 e. The Balaban J connectivity index is 1.13. The summed E-state index contributed by atoms with van der Waals surface area (Å²) in [6.45, 7) is 1.71. The maximum absolute atomic E-state index is 13.6. The molecule has 11 nitrogen and oxygen atoms in total. The van der Waals surface area contributed by atoms with Gasteiger partial charge in [-0.3, -0.25) is 9.59 Å². The third-order valence-electron chi connectivity index (χ3n) is 8.41. The first-order valence-corrected chi connectivity index (χ1v) is 14.9. The number of fused-ring (bicyclic) bond motifs is 4. The molecule has 4 aromatic carbocycles. The van der Waals surface area contributed by atoms with Crippen LogP contribution >= 0.6 is 0 Å². The lowest BCUT2D eigenvalue weighted by molar-refractivity contribution is 0.0931. The number of ether oxygens (including phenoxy) is 6. The van der Waals surface area contributed by atoms with Gasteiger partial charge in [-0.15, -0.1) is 0 Å². The Morgan fingerprint density at radius 1 is 0.761 bits per heavy atom. The fourth-order valence-electron chi connectivity index (χ4n) is 6.18.